The number of aromatic nitrogens is 2. The summed E-state index contributed by atoms with van der Waals surface area (Å²) in [6.45, 7) is 0. The average Bonchev–Trinajstić information content (AvgIpc) is 2.62. The van der Waals surface area contributed by atoms with E-state index in [4.69, 9.17) is 0 Å². The minimum atomic E-state index is -0.366. The first kappa shape index (κ1) is 14.3. The van der Waals surface area contributed by atoms with Crippen LogP contribution >= 0.6 is 0 Å². The number of para-hydroxylation sites is 2. The maximum atomic E-state index is 13.7. The Morgan fingerprint density at radius 1 is 0.833 bits per heavy atom. The largest absolute Gasteiger partial charge is 0.268 e. The molecule has 0 bridgehead atoms. The van der Waals surface area contributed by atoms with Gasteiger partial charge in [-0.1, -0.05) is 42.5 Å². The molecule has 0 N–H and O–H groups in total. The van der Waals surface area contributed by atoms with E-state index < -0.39 is 0 Å². The highest BCUT2D eigenvalue weighted by molar-refractivity contribution is 5.80. The Morgan fingerprint density at radius 3 is 2.38 bits per heavy atom. The highest BCUT2D eigenvalue weighted by Gasteiger charge is 2.14. The predicted octanol–water partition coefficient (Wildman–Crippen LogP) is 4.19. The van der Waals surface area contributed by atoms with Gasteiger partial charge in [-0.3, -0.25) is 9.36 Å². The molecule has 0 fully saturated rings. The quantitative estimate of drug-likeness (QED) is 0.556. The van der Waals surface area contributed by atoms with E-state index in [2.05, 4.69) is 4.98 Å². The molecule has 4 heteroatoms. The lowest BCUT2D eigenvalue weighted by Gasteiger charge is -2.13. The smallest absolute Gasteiger partial charge is 0.266 e. The van der Waals surface area contributed by atoms with Crippen LogP contribution in [0.25, 0.3) is 28.0 Å². The van der Waals surface area contributed by atoms with Crippen molar-refractivity contribution >= 4 is 10.9 Å². The van der Waals surface area contributed by atoms with Crippen LogP contribution in [0.4, 0.5) is 4.39 Å². The number of nitrogens with zero attached hydrogens (tertiary/aromatic N) is 2. The third-order valence-electron chi connectivity index (χ3n) is 3.87. The van der Waals surface area contributed by atoms with E-state index >= 15 is 0 Å². The van der Waals surface area contributed by atoms with E-state index in [9.17, 15) is 9.18 Å². The topological polar surface area (TPSA) is 34.9 Å². The molecular weight excluding hydrogens is 303 g/mol. The fourth-order valence-corrected chi connectivity index (χ4v) is 2.77. The first-order valence-corrected chi connectivity index (χ1v) is 7.57. The molecule has 116 valence electrons. The van der Waals surface area contributed by atoms with Crippen LogP contribution in [-0.2, 0) is 0 Å². The predicted molar refractivity (Wildman–Crippen MR) is 92.7 cm³/mol. The maximum absolute atomic E-state index is 13.7. The molecule has 24 heavy (non-hydrogen) atoms. The van der Waals surface area contributed by atoms with Crippen molar-refractivity contribution in [3.8, 4) is 17.1 Å². The maximum Gasteiger partial charge on any atom is 0.266 e. The summed E-state index contributed by atoms with van der Waals surface area (Å²) in [5.74, 6) is 0.0546. The molecule has 0 saturated carbocycles. The molecule has 4 rings (SSSR count). The number of hydrogen-bond acceptors (Lipinski definition) is 2. The van der Waals surface area contributed by atoms with E-state index in [0.717, 1.165) is 0 Å². The molecule has 0 unspecified atom stereocenters. The van der Waals surface area contributed by atoms with Crippen LogP contribution in [0.15, 0.2) is 83.7 Å². The van der Waals surface area contributed by atoms with Crippen LogP contribution in [0.3, 0.4) is 0 Å². The normalized spacial score (nSPS) is 10.9. The lowest BCUT2D eigenvalue weighted by atomic mass is 10.1. The standard InChI is InChI=1S/C20H13FN2O/c21-15-8-6-7-14(13-15)19-22-18-12-5-4-11-17(18)20(24)23(19)16-9-2-1-3-10-16/h1-13H. The highest BCUT2D eigenvalue weighted by Crippen LogP contribution is 2.22. The summed E-state index contributed by atoms with van der Waals surface area (Å²) in [7, 11) is 0. The van der Waals surface area contributed by atoms with Crippen molar-refractivity contribution in [3.05, 3.63) is 95.0 Å². The molecule has 0 aliphatic carbocycles. The zero-order valence-electron chi connectivity index (χ0n) is 12.7. The van der Waals surface area contributed by atoms with Gasteiger partial charge >= 0.3 is 0 Å². The summed E-state index contributed by atoms with van der Waals surface area (Å²) < 4.78 is 15.2. The van der Waals surface area contributed by atoms with E-state index in [1.165, 1.54) is 16.7 Å². The SMILES string of the molecule is O=c1c2ccccc2nc(-c2cccc(F)c2)n1-c1ccccc1. The Kier molecular flexibility index (Phi) is 3.43. The third kappa shape index (κ3) is 2.38. The minimum Gasteiger partial charge on any atom is -0.268 e. The number of benzene rings is 3. The summed E-state index contributed by atoms with van der Waals surface area (Å²) in [6.07, 6.45) is 0. The van der Waals surface area contributed by atoms with E-state index in [0.29, 0.717) is 28.0 Å². The van der Waals surface area contributed by atoms with Crippen molar-refractivity contribution < 1.29 is 4.39 Å². The van der Waals surface area contributed by atoms with Crippen molar-refractivity contribution in [2.75, 3.05) is 0 Å². The Morgan fingerprint density at radius 2 is 1.58 bits per heavy atom. The summed E-state index contributed by atoms with van der Waals surface area (Å²) in [6, 6.07) is 22.5. The lowest BCUT2D eigenvalue weighted by molar-refractivity contribution is 0.628. The second-order valence-electron chi connectivity index (χ2n) is 5.44. The molecule has 0 saturated heterocycles. The van der Waals surface area contributed by atoms with Gasteiger partial charge in [0, 0.05) is 5.56 Å². The lowest BCUT2D eigenvalue weighted by Crippen LogP contribution is -2.21. The number of hydrogen-bond donors (Lipinski definition) is 0. The fraction of sp³-hybridized carbons (Fsp3) is 0. The molecule has 3 aromatic carbocycles. The second-order valence-corrected chi connectivity index (χ2v) is 5.44. The fourth-order valence-electron chi connectivity index (χ4n) is 2.77. The minimum absolute atomic E-state index is 0.175. The Labute approximate surface area is 137 Å². The Bertz CT molecular complexity index is 1090. The van der Waals surface area contributed by atoms with Crippen molar-refractivity contribution in [3.63, 3.8) is 0 Å². The summed E-state index contributed by atoms with van der Waals surface area (Å²) in [5, 5.41) is 0.529. The van der Waals surface area contributed by atoms with Gasteiger partial charge in [-0.15, -0.1) is 0 Å². The van der Waals surface area contributed by atoms with Crippen LogP contribution in [0.1, 0.15) is 0 Å². The molecular formula is C20H13FN2O. The number of halogens is 1. The van der Waals surface area contributed by atoms with Crippen LogP contribution in [0.2, 0.25) is 0 Å². The van der Waals surface area contributed by atoms with Crippen molar-refractivity contribution in [1.29, 1.82) is 0 Å². The molecule has 0 atom stereocenters. The van der Waals surface area contributed by atoms with Crippen LogP contribution in [0.5, 0.6) is 0 Å². The van der Waals surface area contributed by atoms with Gasteiger partial charge in [0.15, 0.2) is 0 Å². The average molecular weight is 316 g/mol. The first-order valence-electron chi connectivity index (χ1n) is 7.57. The number of rotatable bonds is 2. The van der Waals surface area contributed by atoms with Gasteiger partial charge in [-0.25, -0.2) is 9.37 Å². The first-order chi connectivity index (χ1) is 11.7. The Hall–Kier alpha value is -3.27. The molecule has 0 radical (unpaired) electrons. The molecule has 1 aromatic heterocycles. The number of fused-ring (bicyclic) bond motifs is 1. The van der Waals surface area contributed by atoms with Gasteiger partial charge in [-0.05, 0) is 36.4 Å². The summed E-state index contributed by atoms with van der Waals surface area (Å²) in [4.78, 5) is 17.7. The third-order valence-corrected chi connectivity index (χ3v) is 3.87. The molecule has 0 aliphatic heterocycles. The van der Waals surface area contributed by atoms with Crippen molar-refractivity contribution in [1.82, 2.24) is 9.55 Å². The van der Waals surface area contributed by atoms with Crippen LogP contribution < -0.4 is 5.56 Å². The molecule has 0 aliphatic rings. The van der Waals surface area contributed by atoms with Crippen molar-refractivity contribution in [2.45, 2.75) is 0 Å². The molecule has 0 amide bonds. The zero-order chi connectivity index (χ0) is 16.5. The van der Waals surface area contributed by atoms with Crippen LogP contribution in [0, 0.1) is 5.82 Å². The Balaban J connectivity index is 2.13. The van der Waals surface area contributed by atoms with Gasteiger partial charge in [0.1, 0.15) is 11.6 Å². The van der Waals surface area contributed by atoms with Gasteiger partial charge in [0.25, 0.3) is 5.56 Å². The van der Waals surface area contributed by atoms with Gasteiger partial charge < -0.3 is 0 Å². The molecule has 1 heterocycles. The second kappa shape index (κ2) is 5.74. The van der Waals surface area contributed by atoms with Gasteiger partial charge in [0.2, 0.25) is 0 Å². The molecule has 0 spiro atoms. The molecule has 3 nitrogen and oxygen atoms in total. The monoisotopic (exact) mass is 316 g/mol. The van der Waals surface area contributed by atoms with E-state index in [1.807, 2.05) is 42.5 Å². The zero-order valence-corrected chi connectivity index (χ0v) is 12.7. The van der Waals surface area contributed by atoms with Gasteiger partial charge in [0.05, 0.1) is 16.6 Å². The summed E-state index contributed by atoms with van der Waals surface area (Å²) in [5.41, 5.74) is 1.67. The van der Waals surface area contributed by atoms with Gasteiger partial charge in [-0.2, -0.15) is 0 Å². The molecule has 4 aromatic rings. The summed E-state index contributed by atoms with van der Waals surface area (Å²) >= 11 is 0. The highest BCUT2D eigenvalue weighted by atomic mass is 19.1. The van der Waals surface area contributed by atoms with Crippen molar-refractivity contribution in [2.24, 2.45) is 0 Å². The van der Waals surface area contributed by atoms with Crippen LogP contribution in [-0.4, -0.2) is 9.55 Å². The van der Waals surface area contributed by atoms with E-state index in [1.54, 1.807) is 24.3 Å². The van der Waals surface area contributed by atoms with E-state index in [-0.39, 0.29) is 11.4 Å².